The average molecular weight is 292 g/mol. The number of benzene rings is 2. The van der Waals surface area contributed by atoms with Gasteiger partial charge < -0.3 is 9.73 Å². The summed E-state index contributed by atoms with van der Waals surface area (Å²) in [5.74, 6) is 0.328. The number of H-pyrrole nitrogens is 1. The molecule has 4 aromatic rings. The molecule has 22 heavy (non-hydrogen) atoms. The van der Waals surface area contributed by atoms with Gasteiger partial charge in [-0.15, -0.1) is 0 Å². The minimum Gasteiger partial charge on any atom is -0.441 e. The van der Waals surface area contributed by atoms with Gasteiger partial charge >= 0.3 is 0 Å². The van der Waals surface area contributed by atoms with Gasteiger partial charge in [-0.3, -0.25) is 9.89 Å². The van der Waals surface area contributed by atoms with Gasteiger partial charge in [-0.05, 0) is 24.3 Å². The zero-order chi connectivity index (χ0) is 15.1. The van der Waals surface area contributed by atoms with E-state index in [2.05, 4.69) is 20.5 Å². The molecule has 0 aliphatic rings. The van der Waals surface area contributed by atoms with Gasteiger partial charge in [0.15, 0.2) is 17.2 Å². The lowest BCUT2D eigenvalue weighted by atomic mass is 10.2. The second-order valence-electron chi connectivity index (χ2n) is 4.99. The number of aryl methyl sites for hydroxylation is 1. The highest BCUT2D eigenvalue weighted by Gasteiger charge is 2.14. The zero-order valence-corrected chi connectivity index (χ0v) is 11.8. The fourth-order valence-electron chi connectivity index (χ4n) is 2.45. The van der Waals surface area contributed by atoms with Crippen molar-refractivity contribution >= 4 is 33.6 Å². The Morgan fingerprint density at radius 1 is 1.23 bits per heavy atom. The molecule has 0 atom stereocenters. The van der Waals surface area contributed by atoms with Crippen LogP contribution in [0.15, 0.2) is 46.9 Å². The van der Waals surface area contributed by atoms with Crippen LogP contribution in [0.1, 0.15) is 16.4 Å². The van der Waals surface area contributed by atoms with Crippen LogP contribution in [0.25, 0.3) is 22.0 Å². The molecule has 1 amide bonds. The van der Waals surface area contributed by atoms with Crippen molar-refractivity contribution in [1.29, 1.82) is 0 Å². The Labute approximate surface area is 125 Å². The SMILES string of the molecule is Cc1nc2cc(NC(=O)c3n[nH]c4ccccc34)ccc2o1. The third kappa shape index (κ3) is 2.01. The average Bonchev–Trinajstić information content (AvgIpc) is 3.09. The molecule has 0 fully saturated rings. The Kier molecular flexibility index (Phi) is 2.69. The van der Waals surface area contributed by atoms with Gasteiger partial charge in [-0.2, -0.15) is 5.10 Å². The van der Waals surface area contributed by atoms with Crippen LogP contribution in [-0.2, 0) is 0 Å². The van der Waals surface area contributed by atoms with Crippen molar-refractivity contribution in [3.8, 4) is 0 Å². The van der Waals surface area contributed by atoms with Crippen LogP contribution in [0.4, 0.5) is 5.69 Å². The highest BCUT2D eigenvalue weighted by Crippen LogP contribution is 2.21. The number of anilines is 1. The number of aromatic amines is 1. The Balaban J connectivity index is 1.67. The first-order valence-corrected chi connectivity index (χ1v) is 6.82. The molecule has 2 aromatic heterocycles. The molecular weight excluding hydrogens is 280 g/mol. The van der Waals surface area contributed by atoms with Crippen LogP contribution >= 0.6 is 0 Å². The molecule has 0 bridgehead atoms. The molecule has 0 aliphatic heterocycles. The molecule has 0 saturated carbocycles. The normalized spacial score (nSPS) is 11.1. The number of para-hydroxylation sites is 1. The molecule has 0 aliphatic carbocycles. The van der Waals surface area contributed by atoms with Crippen molar-refractivity contribution in [3.05, 3.63) is 54.0 Å². The minimum atomic E-state index is -0.267. The maximum atomic E-state index is 12.4. The number of aromatic nitrogens is 3. The molecular formula is C16H12N4O2. The van der Waals surface area contributed by atoms with Gasteiger partial charge in [0.2, 0.25) is 0 Å². The van der Waals surface area contributed by atoms with Gasteiger partial charge in [0, 0.05) is 18.0 Å². The summed E-state index contributed by atoms with van der Waals surface area (Å²) >= 11 is 0. The third-order valence-corrected chi connectivity index (χ3v) is 3.44. The number of carbonyl (C=O) groups is 1. The van der Waals surface area contributed by atoms with E-state index in [1.165, 1.54) is 0 Å². The number of hydrogen-bond acceptors (Lipinski definition) is 4. The fourth-order valence-corrected chi connectivity index (χ4v) is 2.45. The van der Waals surface area contributed by atoms with Crippen LogP contribution in [0.3, 0.4) is 0 Å². The molecule has 2 N–H and O–H groups in total. The molecule has 4 rings (SSSR count). The Bertz CT molecular complexity index is 1000. The van der Waals surface area contributed by atoms with Gasteiger partial charge in [-0.1, -0.05) is 18.2 Å². The monoisotopic (exact) mass is 292 g/mol. The largest absolute Gasteiger partial charge is 0.441 e. The van der Waals surface area contributed by atoms with Crippen LogP contribution < -0.4 is 5.32 Å². The van der Waals surface area contributed by atoms with Crippen molar-refractivity contribution in [2.45, 2.75) is 6.92 Å². The molecule has 6 nitrogen and oxygen atoms in total. The molecule has 0 saturated heterocycles. The predicted molar refractivity (Wildman–Crippen MR) is 82.8 cm³/mol. The van der Waals surface area contributed by atoms with Gasteiger partial charge in [0.25, 0.3) is 5.91 Å². The minimum absolute atomic E-state index is 0.267. The Morgan fingerprint density at radius 2 is 2.09 bits per heavy atom. The first-order chi connectivity index (χ1) is 10.7. The summed E-state index contributed by atoms with van der Waals surface area (Å²) in [5.41, 5.74) is 3.25. The van der Waals surface area contributed by atoms with E-state index >= 15 is 0 Å². The molecule has 2 heterocycles. The van der Waals surface area contributed by atoms with Gasteiger partial charge in [0.1, 0.15) is 5.52 Å². The molecule has 6 heteroatoms. The first-order valence-electron chi connectivity index (χ1n) is 6.82. The number of rotatable bonds is 2. The standard InChI is InChI=1S/C16H12N4O2/c1-9-17-13-8-10(6-7-14(13)22-9)18-16(21)15-11-4-2-3-5-12(11)19-20-15/h2-8H,1H3,(H,18,21)(H,19,20). The molecule has 0 spiro atoms. The van der Waals surface area contributed by atoms with E-state index in [-0.39, 0.29) is 5.91 Å². The smallest absolute Gasteiger partial charge is 0.276 e. The third-order valence-electron chi connectivity index (χ3n) is 3.44. The molecule has 0 unspecified atom stereocenters. The van der Waals surface area contributed by atoms with E-state index in [0.717, 1.165) is 10.9 Å². The van der Waals surface area contributed by atoms with E-state index in [1.54, 1.807) is 25.1 Å². The molecule has 0 radical (unpaired) electrons. The fraction of sp³-hybridized carbons (Fsp3) is 0.0625. The van der Waals surface area contributed by atoms with Crippen molar-refractivity contribution in [1.82, 2.24) is 15.2 Å². The van der Waals surface area contributed by atoms with Crippen LogP contribution in [0.5, 0.6) is 0 Å². The predicted octanol–water partition coefficient (Wildman–Crippen LogP) is 3.26. The summed E-state index contributed by atoms with van der Waals surface area (Å²) in [7, 11) is 0. The summed E-state index contributed by atoms with van der Waals surface area (Å²) in [4.78, 5) is 16.6. The van der Waals surface area contributed by atoms with E-state index in [1.807, 2.05) is 24.3 Å². The maximum absolute atomic E-state index is 12.4. The number of oxazole rings is 1. The van der Waals surface area contributed by atoms with E-state index < -0.39 is 0 Å². The molecule has 108 valence electrons. The topological polar surface area (TPSA) is 83.8 Å². The van der Waals surface area contributed by atoms with Crippen LogP contribution in [0.2, 0.25) is 0 Å². The quantitative estimate of drug-likeness (QED) is 0.594. The summed E-state index contributed by atoms with van der Waals surface area (Å²) in [6.45, 7) is 1.79. The number of nitrogens with zero attached hydrogens (tertiary/aromatic N) is 2. The lowest BCUT2D eigenvalue weighted by molar-refractivity contribution is 0.102. The van der Waals surface area contributed by atoms with E-state index in [0.29, 0.717) is 28.4 Å². The lowest BCUT2D eigenvalue weighted by Crippen LogP contribution is -2.12. The van der Waals surface area contributed by atoms with Crippen molar-refractivity contribution in [2.24, 2.45) is 0 Å². The molecule has 2 aromatic carbocycles. The lowest BCUT2D eigenvalue weighted by Gasteiger charge is -2.03. The first kappa shape index (κ1) is 12.6. The zero-order valence-electron chi connectivity index (χ0n) is 11.8. The number of amides is 1. The van der Waals surface area contributed by atoms with E-state index in [4.69, 9.17) is 4.42 Å². The highest BCUT2D eigenvalue weighted by atomic mass is 16.3. The number of nitrogens with one attached hydrogen (secondary N) is 2. The number of fused-ring (bicyclic) bond motifs is 2. The Hall–Kier alpha value is -3.15. The maximum Gasteiger partial charge on any atom is 0.276 e. The highest BCUT2D eigenvalue weighted by molar-refractivity contribution is 6.11. The summed E-state index contributed by atoms with van der Waals surface area (Å²) < 4.78 is 5.42. The number of hydrogen-bond donors (Lipinski definition) is 2. The van der Waals surface area contributed by atoms with Crippen molar-refractivity contribution in [3.63, 3.8) is 0 Å². The van der Waals surface area contributed by atoms with Gasteiger partial charge in [-0.25, -0.2) is 4.98 Å². The van der Waals surface area contributed by atoms with Crippen LogP contribution in [-0.4, -0.2) is 21.1 Å². The van der Waals surface area contributed by atoms with Crippen molar-refractivity contribution < 1.29 is 9.21 Å². The van der Waals surface area contributed by atoms with Crippen LogP contribution in [0, 0.1) is 6.92 Å². The summed E-state index contributed by atoms with van der Waals surface area (Å²) in [6, 6.07) is 12.8. The van der Waals surface area contributed by atoms with Crippen molar-refractivity contribution in [2.75, 3.05) is 5.32 Å². The summed E-state index contributed by atoms with van der Waals surface area (Å²) in [6.07, 6.45) is 0. The second kappa shape index (κ2) is 4.70. The summed E-state index contributed by atoms with van der Waals surface area (Å²) in [5, 5.41) is 10.6. The number of carbonyl (C=O) groups excluding carboxylic acids is 1. The van der Waals surface area contributed by atoms with E-state index in [9.17, 15) is 4.79 Å². The Morgan fingerprint density at radius 3 is 3.00 bits per heavy atom. The second-order valence-corrected chi connectivity index (χ2v) is 4.99. The van der Waals surface area contributed by atoms with Gasteiger partial charge in [0.05, 0.1) is 5.52 Å².